The van der Waals surface area contributed by atoms with E-state index in [9.17, 15) is 0 Å². The molecule has 0 aromatic heterocycles. The molecule has 1 saturated carbocycles. The van der Waals surface area contributed by atoms with Gasteiger partial charge in [0.05, 0.1) is 6.10 Å². The molecule has 1 rings (SSSR count). The summed E-state index contributed by atoms with van der Waals surface area (Å²) in [6.45, 7) is 0. The molecule has 2 atom stereocenters. The lowest BCUT2D eigenvalue weighted by molar-refractivity contribution is -0.276. The van der Waals surface area contributed by atoms with Crippen molar-refractivity contribution in [1.82, 2.24) is 0 Å². The number of alkyl halides is 1. The van der Waals surface area contributed by atoms with Crippen molar-refractivity contribution in [2.24, 2.45) is 0 Å². The molecule has 2 nitrogen and oxygen atoms in total. The van der Waals surface area contributed by atoms with E-state index in [2.05, 4.69) is 20.8 Å². The standard InChI is InChI=1S/C5H9BrO2/c6-4-1-2-5(3-4)8-7/h4-5,7H,1-3H2/t4-,5-/m1/s1. The van der Waals surface area contributed by atoms with Crippen LogP contribution in [-0.2, 0) is 4.89 Å². The molecule has 8 heavy (non-hydrogen) atoms. The maximum Gasteiger partial charge on any atom is 0.0938 e. The van der Waals surface area contributed by atoms with Crippen molar-refractivity contribution in [3.8, 4) is 0 Å². The molecule has 0 bridgehead atoms. The molecule has 0 spiro atoms. The summed E-state index contributed by atoms with van der Waals surface area (Å²) in [4.78, 5) is 4.71. The number of halogens is 1. The van der Waals surface area contributed by atoms with Crippen molar-refractivity contribution in [2.45, 2.75) is 30.2 Å². The zero-order valence-corrected chi connectivity index (χ0v) is 6.10. The van der Waals surface area contributed by atoms with E-state index in [1.54, 1.807) is 0 Å². The Morgan fingerprint density at radius 3 is 2.50 bits per heavy atom. The van der Waals surface area contributed by atoms with E-state index >= 15 is 0 Å². The minimum absolute atomic E-state index is 0.0828. The third-order valence-corrected chi connectivity index (χ3v) is 2.30. The van der Waals surface area contributed by atoms with Gasteiger partial charge in [-0.05, 0) is 19.3 Å². The minimum Gasteiger partial charge on any atom is -0.252 e. The summed E-state index contributed by atoms with van der Waals surface area (Å²) in [6, 6.07) is 0. The van der Waals surface area contributed by atoms with E-state index in [-0.39, 0.29) is 6.10 Å². The first-order valence-corrected chi connectivity index (χ1v) is 3.69. The molecule has 1 aliphatic carbocycles. The molecule has 1 fully saturated rings. The molecule has 0 radical (unpaired) electrons. The molecule has 0 aromatic rings. The molecule has 48 valence electrons. The summed E-state index contributed by atoms with van der Waals surface area (Å²) in [7, 11) is 0. The normalized spacial score (nSPS) is 38.2. The molecule has 0 saturated heterocycles. The molecule has 0 aliphatic heterocycles. The van der Waals surface area contributed by atoms with E-state index in [1.807, 2.05) is 0 Å². The second kappa shape index (κ2) is 2.80. The van der Waals surface area contributed by atoms with Crippen LogP contribution in [0.3, 0.4) is 0 Å². The van der Waals surface area contributed by atoms with Gasteiger partial charge >= 0.3 is 0 Å². The maximum atomic E-state index is 8.16. The van der Waals surface area contributed by atoms with Crippen LogP contribution in [0.2, 0.25) is 0 Å². The Morgan fingerprint density at radius 2 is 2.25 bits per heavy atom. The van der Waals surface area contributed by atoms with Gasteiger partial charge in [0.25, 0.3) is 0 Å². The van der Waals surface area contributed by atoms with Gasteiger partial charge in [0, 0.05) is 4.83 Å². The van der Waals surface area contributed by atoms with Crippen molar-refractivity contribution in [3.05, 3.63) is 0 Å². The van der Waals surface area contributed by atoms with Gasteiger partial charge in [0.1, 0.15) is 0 Å². The first kappa shape index (κ1) is 6.52. The van der Waals surface area contributed by atoms with Crippen LogP contribution in [0.25, 0.3) is 0 Å². The van der Waals surface area contributed by atoms with Crippen molar-refractivity contribution in [2.75, 3.05) is 0 Å². The molecule has 0 unspecified atom stereocenters. The molecule has 0 amide bonds. The largest absolute Gasteiger partial charge is 0.252 e. The zero-order valence-electron chi connectivity index (χ0n) is 4.51. The Labute approximate surface area is 56.9 Å². The molecule has 0 aromatic carbocycles. The Balaban J connectivity index is 2.22. The topological polar surface area (TPSA) is 29.5 Å². The average Bonchev–Trinajstić information content (AvgIpc) is 2.14. The number of hydrogen-bond donors (Lipinski definition) is 1. The SMILES string of the molecule is OO[C@@H]1CC[C@@H](Br)C1. The third-order valence-electron chi connectivity index (χ3n) is 1.47. The summed E-state index contributed by atoms with van der Waals surface area (Å²) in [5.74, 6) is 0. The van der Waals surface area contributed by atoms with Gasteiger partial charge in [0.2, 0.25) is 0 Å². The smallest absolute Gasteiger partial charge is 0.0938 e. The highest BCUT2D eigenvalue weighted by Crippen LogP contribution is 2.26. The monoisotopic (exact) mass is 180 g/mol. The Morgan fingerprint density at radius 1 is 1.50 bits per heavy atom. The minimum atomic E-state index is 0.0828. The van der Waals surface area contributed by atoms with Gasteiger partial charge in [0.15, 0.2) is 0 Å². The Bertz CT molecular complexity index is 76.8. The third kappa shape index (κ3) is 1.44. The van der Waals surface area contributed by atoms with Crippen LogP contribution in [0, 0.1) is 0 Å². The first-order chi connectivity index (χ1) is 3.83. The van der Waals surface area contributed by atoms with E-state index in [0.717, 1.165) is 19.3 Å². The van der Waals surface area contributed by atoms with Gasteiger partial charge in [-0.2, -0.15) is 0 Å². The summed E-state index contributed by atoms with van der Waals surface area (Å²) in [5, 5.41) is 8.16. The van der Waals surface area contributed by atoms with Crippen LogP contribution in [-0.4, -0.2) is 16.2 Å². The lowest BCUT2D eigenvalue weighted by atomic mass is 10.3. The highest BCUT2D eigenvalue weighted by Gasteiger charge is 2.22. The highest BCUT2D eigenvalue weighted by atomic mass is 79.9. The van der Waals surface area contributed by atoms with Crippen molar-refractivity contribution >= 4 is 15.9 Å². The quantitative estimate of drug-likeness (QED) is 0.379. The zero-order chi connectivity index (χ0) is 5.98. The summed E-state index contributed by atoms with van der Waals surface area (Å²) in [6.07, 6.45) is 3.12. The van der Waals surface area contributed by atoms with Crippen LogP contribution in [0.4, 0.5) is 0 Å². The fourth-order valence-electron chi connectivity index (χ4n) is 0.983. The van der Waals surface area contributed by atoms with Crippen molar-refractivity contribution in [3.63, 3.8) is 0 Å². The first-order valence-electron chi connectivity index (χ1n) is 2.77. The van der Waals surface area contributed by atoms with E-state index < -0.39 is 0 Å². The number of rotatable bonds is 1. The van der Waals surface area contributed by atoms with E-state index in [0.29, 0.717) is 4.83 Å². The molecular formula is C5H9BrO2. The highest BCUT2D eigenvalue weighted by molar-refractivity contribution is 9.09. The van der Waals surface area contributed by atoms with Crippen LogP contribution in [0.15, 0.2) is 0 Å². The van der Waals surface area contributed by atoms with Crippen LogP contribution >= 0.6 is 15.9 Å². The Kier molecular flexibility index (Phi) is 2.28. The lowest BCUT2D eigenvalue weighted by Gasteiger charge is -2.00. The second-order valence-electron chi connectivity index (χ2n) is 2.14. The fraction of sp³-hybridized carbons (Fsp3) is 1.00. The number of hydrogen-bond acceptors (Lipinski definition) is 2. The lowest BCUT2D eigenvalue weighted by Crippen LogP contribution is -2.04. The molecule has 1 N–H and O–H groups in total. The van der Waals surface area contributed by atoms with Crippen molar-refractivity contribution < 1.29 is 10.1 Å². The van der Waals surface area contributed by atoms with Gasteiger partial charge in [-0.3, -0.25) is 5.26 Å². The second-order valence-corrected chi connectivity index (χ2v) is 3.43. The van der Waals surface area contributed by atoms with Gasteiger partial charge in [-0.1, -0.05) is 15.9 Å². The summed E-state index contributed by atoms with van der Waals surface area (Å²) < 4.78 is 0. The van der Waals surface area contributed by atoms with Gasteiger partial charge in [-0.25, -0.2) is 4.89 Å². The van der Waals surface area contributed by atoms with Gasteiger partial charge in [-0.15, -0.1) is 0 Å². The van der Waals surface area contributed by atoms with Gasteiger partial charge < -0.3 is 0 Å². The van der Waals surface area contributed by atoms with Crippen LogP contribution in [0.1, 0.15) is 19.3 Å². The molecular weight excluding hydrogens is 172 g/mol. The molecule has 3 heteroatoms. The average molecular weight is 181 g/mol. The van der Waals surface area contributed by atoms with Crippen LogP contribution < -0.4 is 0 Å². The van der Waals surface area contributed by atoms with Crippen molar-refractivity contribution in [1.29, 1.82) is 0 Å². The van der Waals surface area contributed by atoms with E-state index in [1.165, 1.54) is 0 Å². The predicted octanol–water partition coefficient (Wildman–Crippen LogP) is 1.79. The maximum absolute atomic E-state index is 8.16. The van der Waals surface area contributed by atoms with Crippen LogP contribution in [0.5, 0.6) is 0 Å². The molecule has 0 heterocycles. The molecule has 1 aliphatic rings. The summed E-state index contributed by atoms with van der Waals surface area (Å²) in [5.41, 5.74) is 0. The summed E-state index contributed by atoms with van der Waals surface area (Å²) >= 11 is 3.43. The van der Waals surface area contributed by atoms with E-state index in [4.69, 9.17) is 5.26 Å². The Hall–Kier alpha value is 0.400. The fourth-order valence-corrected chi connectivity index (χ4v) is 1.66. The predicted molar refractivity (Wildman–Crippen MR) is 34.1 cm³/mol.